The topological polar surface area (TPSA) is 51.6 Å². The Morgan fingerprint density at radius 3 is 1.36 bits per heavy atom. The Hall–Kier alpha value is -6.78. The summed E-state index contributed by atoms with van der Waals surface area (Å²) in [5.41, 5.74) is 9.69. The Kier molecular flexibility index (Phi) is 7.45. The molecule has 50 heavy (non-hydrogen) atoms. The van der Waals surface area contributed by atoms with Crippen LogP contribution in [0.2, 0.25) is 0 Å². The van der Waals surface area contributed by atoms with Crippen LogP contribution in [0.25, 0.3) is 89.1 Å². The fourth-order valence-corrected chi connectivity index (χ4v) is 6.84. The van der Waals surface area contributed by atoms with Crippen LogP contribution in [0.4, 0.5) is 0 Å². The molecule has 2 heterocycles. The van der Waals surface area contributed by atoms with Crippen LogP contribution in [0.5, 0.6) is 0 Å². The third-order valence-electron chi connectivity index (χ3n) is 9.22. The average Bonchev–Trinajstić information content (AvgIpc) is 3.21. The van der Waals surface area contributed by atoms with Crippen molar-refractivity contribution in [3.8, 4) is 67.5 Å². The smallest absolute Gasteiger partial charge is 0.165 e. The summed E-state index contributed by atoms with van der Waals surface area (Å²) in [6, 6.07) is 59.1. The summed E-state index contributed by atoms with van der Waals surface area (Å²) < 4.78 is 0. The summed E-state index contributed by atoms with van der Waals surface area (Å²) >= 11 is 0. The van der Waals surface area contributed by atoms with Gasteiger partial charge in [-0.3, -0.25) is 4.98 Å². The normalized spacial score (nSPS) is 11.2. The van der Waals surface area contributed by atoms with Crippen molar-refractivity contribution in [1.29, 1.82) is 0 Å². The number of hydrogen-bond acceptors (Lipinski definition) is 4. The van der Waals surface area contributed by atoms with Crippen LogP contribution < -0.4 is 0 Å². The van der Waals surface area contributed by atoms with E-state index in [0.717, 1.165) is 66.1 Å². The molecule has 0 aliphatic carbocycles. The first-order chi connectivity index (χ1) is 24.8. The summed E-state index contributed by atoms with van der Waals surface area (Å²) in [4.78, 5) is 19.8. The molecule has 0 spiro atoms. The third-order valence-corrected chi connectivity index (χ3v) is 9.22. The molecule has 0 fully saturated rings. The number of nitrogens with zero attached hydrogens (tertiary/aromatic N) is 4. The number of aromatic nitrogens is 4. The van der Waals surface area contributed by atoms with Crippen molar-refractivity contribution >= 4 is 21.5 Å². The SMILES string of the molecule is c1ccc(-c2cccc(-c3nc(-c4ccccc4)nc(-c4c5ccccc5c(-c5ccc(-c6cccnc6)cc5)c5ccccc45)n3)c2)cc1. The lowest BCUT2D eigenvalue weighted by atomic mass is 9.87. The van der Waals surface area contributed by atoms with Crippen molar-refractivity contribution in [2.45, 2.75) is 0 Å². The molecule has 4 heteroatoms. The molecule has 0 aliphatic rings. The molecule has 9 rings (SSSR count). The van der Waals surface area contributed by atoms with E-state index in [9.17, 15) is 0 Å². The van der Waals surface area contributed by atoms with Crippen LogP contribution in [-0.4, -0.2) is 19.9 Å². The van der Waals surface area contributed by atoms with Crippen molar-refractivity contribution < 1.29 is 0 Å². The van der Waals surface area contributed by atoms with Gasteiger partial charge in [0.2, 0.25) is 0 Å². The van der Waals surface area contributed by atoms with Gasteiger partial charge in [-0.25, -0.2) is 15.0 Å². The van der Waals surface area contributed by atoms with Gasteiger partial charge in [0.25, 0.3) is 0 Å². The number of pyridine rings is 1. The second kappa shape index (κ2) is 12.7. The maximum Gasteiger partial charge on any atom is 0.165 e. The van der Waals surface area contributed by atoms with E-state index in [-0.39, 0.29) is 0 Å². The monoisotopic (exact) mass is 638 g/mol. The van der Waals surface area contributed by atoms with E-state index in [4.69, 9.17) is 15.0 Å². The molecule has 0 amide bonds. The lowest BCUT2D eigenvalue weighted by molar-refractivity contribution is 1.08. The molecular formula is C46H30N4. The van der Waals surface area contributed by atoms with Gasteiger partial charge in [-0.05, 0) is 67.1 Å². The summed E-state index contributed by atoms with van der Waals surface area (Å²) in [5.74, 6) is 1.92. The van der Waals surface area contributed by atoms with E-state index in [1.165, 1.54) is 5.56 Å². The Balaban J connectivity index is 1.28. The second-order valence-electron chi connectivity index (χ2n) is 12.3. The first-order valence-electron chi connectivity index (χ1n) is 16.7. The minimum Gasteiger partial charge on any atom is -0.264 e. The zero-order valence-corrected chi connectivity index (χ0v) is 27.1. The van der Waals surface area contributed by atoms with Crippen molar-refractivity contribution in [3.63, 3.8) is 0 Å². The molecule has 4 nitrogen and oxygen atoms in total. The van der Waals surface area contributed by atoms with Gasteiger partial charge in [0.15, 0.2) is 17.5 Å². The molecule has 0 saturated heterocycles. The molecule has 0 radical (unpaired) electrons. The second-order valence-corrected chi connectivity index (χ2v) is 12.3. The molecule has 0 atom stereocenters. The van der Waals surface area contributed by atoms with E-state index in [2.05, 4.69) is 145 Å². The Bertz CT molecular complexity index is 2560. The lowest BCUT2D eigenvalue weighted by Crippen LogP contribution is -2.01. The molecule has 9 aromatic rings. The van der Waals surface area contributed by atoms with E-state index >= 15 is 0 Å². The third kappa shape index (κ3) is 5.39. The van der Waals surface area contributed by atoms with E-state index < -0.39 is 0 Å². The maximum absolute atomic E-state index is 5.25. The summed E-state index contributed by atoms with van der Waals surface area (Å²) in [6.45, 7) is 0. The largest absolute Gasteiger partial charge is 0.264 e. The fraction of sp³-hybridized carbons (Fsp3) is 0. The number of rotatable bonds is 6. The van der Waals surface area contributed by atoms with E-state index in [0.29, 0.717) is 17.5 Å². The number of benzene rings is 7. The minimum atomic E-state index is 0.634. The van der Waals surface area contributed by atoms with Crippen molar-refractivity contribution in [1.82, 2.24) is 19.9 Å². The first-order valence-corrected chi connectivity index (χ1v) is 16.7. The quantitative estimate of drug-likeness (QED) is 0.170. The van der Waals surface area contributed by atoms with Crippen LogP contribution in [0.15, 0.2) is 182 Å². The number of fused-ring (bicyclic) bond motifs is 2. The highest BCUT2D eigenvalue weighted by Gasteiger charge is 2.20. The predicted octanol–water partition coefficient (Wildman–Crippen LogP) is 11.6. The molecule has 0 N–H and O–H groups in total. The Morgan fingerprint density at radius 1 is 0.280 bits per heavy atom. The molecule has 0 aliphatic heterocycles. The van der Waals surface area contributed by atoms with Crippen molar-refractivity contribution in [3.05, 3.63) is 182 Å². The van der Waals surface area contributed by atoms with Gasteiger partial charge < -0.3 is 0 Å². The van der Waals surface area contributed by atoms with Gasteiger partial charge >= 0.3 is 0 Å². The zero-order valence-electron chi connectivity index (χ0n) is 27.1. The standard InChI is InChI=1S/C46H30N4/c1-3-13-31(14-4-1)35-17-11-18-36(29-35)45-48-44(34-15-5-2-6-16-34)49-46(50-45)43-40-22-9-7-20-38(40)42(39-21-8-10-23-41(39)43)33-26-24-32(25-27-33)37-19-12-28-47-30-37/h1-30H. The predicted molar refractivity (Wildman–Crippen MR) is 205 cm³/mol. The molecule has 2 aromatic heterocycles. The zero-order chi connectivity index (χ0) is 33.3. The lowest BCUT2D eigenvalue weighted by Gasteiger charge is -2.18. The van der Waals surface area contributed by atoms with Gasteiger partial charge in [-0.1, -0.05) is 158 Å². The Labute approximate surface area is 290 Å². The maximum atomic E-state index is 5.25. The van der Waals surface area contributed by atoms with Crippen molar-refractivity contribution in [2.24, 2.45) is 0 Å². The van der Waals surface area contributed by atoms with Crippen LogP contribution in [0.3, 0.4) is 0 Å². The molecule has 7 aromatic carbocycles. The highest BCUT2D eigenvalue weighted by Crippen LogP contribution is 2.43. The van der Waals surface area contributed by atoms with Crippen LogP contribution in [-0.2, 0) is 0 Å². The molecular weight excluding hydrogens is 609 g/mol. The fourth-order valence-electron chi connectivity index (χ4n) is 6.84. The minimum absolute atomic E-state index is 0.634. The molecule has 0 saturated carbocycles. The van der Waals surface area contributed by atoms with E-state index in [1.54, 1.807) is 6.20 Å². The van der Waals surface area contributed by atoms with Crippen LogP contribution in [0, 0.1) is 0 Å². The molecule has 234 valence electrons. The van der Waals surface area contributed by atoms with Gasteiger partial charge in [0, 0.05) is 29.1 Å². The first kappa shape index (κ1) is 29.4. The van der Waals surface area contributed by atoms with Gasteiger partial charge in [0.1, 0.15) is 0 Å². The highest BCUT2D eigenvalue weighted by molar-refractivity contribution is 6.20. The number of hydrogen-bond donors (Lipinski definition) is 0. The molecule has 0 unspecified atom stereocenters. The van der Waals surface area contributed by atoms with E-state index in [1.807, 2.05) is 36.5 Å². The van der Waals surface area contributed by atoms with Crippen LogP contribution in [0.1, 0.15) is 0 Å². The van der Waals surface area contributed by atoms with Crippen LogP contribution >= 0.6 is 0 Å². The highest BCUT2D eigenvalue weighted by atomic mass is 15.0. The van der Waals surface area contributed by atoms with Crippen molar-refractivity contribution in [2.75, 3.05) is 0 Å². The summed E-state index contributed by atoms with van der Waals surface area (Å²) in [6.07, 6.45) is 3.71. The summed E-state index contributed by atoms with van der Waals surface area (Å²) in [7, 11) is 0. The Morgan fingerprint density at radius 2 is 0.740 bits per heavy atom. The summed E-state index contributed by atoms with van der Waals surface area (Å²) in [5, 5.41) is 4.47. The average molecular weight is 639 g/mol. The van der Waals surface area contributed by atoms with Gasteiger partial charge in [-0.15, -0.1) is 0 Å². The van der Waals surface area contributed by atoms with Gasteiger partial charge in [-0.2, -0.15) is 0 Å². The molecule has 0 bridgehead atoms. The van der Waals surface area contributed by atoms with Gasteiger partial charge in [0.05, 0.1) is 0 Å².